The van der Waals surface area contributed by atoms with E-state index in [0.29, 0.717) is 6.54 Å². The molecule has 1 aromatic rings. The molecule has 0 spiro atoms. The standard InChI is InChI=1S/C14H23NOS/c1-4-6-7-10-15(3)11-13(16)14-9-8-12(5-2)17-14/h8-9H,4-7,10-11H2,1-3H3. The Kier molecular flexibility index (Phi) is 6.45. The van der Waals surface area contributed by atoms with Crippen molar-refractivity contribution in [1.82, 2.24) is 4.90 Å². The van der Waals surface area contributed by atoms with E-state index >= 15 is 0 Å². The summed E-state index contributed by atoms with van der Waals surface area (Å²) in [5.74, 6) is 0.258. The van der Waals surface area contributed by atoms with E-state index in [1.165, 1.54) is 24.1 Å². The van der Waals surface area contributed by atoms with Crippen molar-refractivity contribution in [3.8, 4) is 0 Å². The highest BCUT2D eigenvalue weighted by atomic mass is 32.1. The highest BCUT2D eigenvalue weighted by molar-refractivity contribution is 7.14. The summed E-state index contributed by atoms with van der Waals surface area (Å²) in [5, 5.41) is 0. The molecule has 17 heavy (non-hydrogen) atoms. The van der Waals surface area contributed by atoms with Gasteiger partial charge in [0.05, 0.1) is 11.4 Å². The fourth-order valence-electron chi connectivity index (χ4n) is 1.75. The number of rotatable bonds is 8. The molecule has 1 aromatic heterocycles. The number of unbranched alkanes of at least 4 members (excludes halogenated alkanes) is 2. The van der Waals surface area contributed by atoms with E-state index in [9.17, 15) is 4.79 Å². The maximum atomic E-state index is 12.0. The number of nitrogens with zero attached hydrogens (tertiary/aromatic N) is 1. The summed E-state index contributed by atoms with van der Waals surface area (Å²) < 4.78 is 0. The molecule has 2 nitrogen and oxygen atoms in total. The Bertz CT molecular complexity index is 346. The van der Waals surface area contributed by atoms with E-state index < -0.39 is 0 Å². The van der Waals surface area contributed by atoms with Gasteiger partial charge in [-0.25, -0.2) is 0 Å². The van der Waals surface area contributed by atoms with Crippen LogP contribution in [0, 0.1) is 0 Å². The highest BCUT2D eigenvalue weighted by Gasteiger charge is 2.11. The summed E-state index contributed by atoms with van der Waals surface area (Å²) in [6.07, 6.45) is 4.68. The zero-order valence-electron chi connectivity index (χ0n) is 11.2. The maximum absolute atomic E-state index is 12.0. The second-order valence-corrected chi connectivity index (χ2v) is 5.66. The Balaban J connectivity index is 2.37. The molecule has 96 valence electrons. The van der Waals surface area contributed by atoms with Gasteiger partial charge in [-0.15, -0.1) is 11.3 Å². The van der Waals surface area contributed by atoms with Crippen LogP contribution < -0.4 is 0 Å². The Hall–Kier alpha value is -0.670. The van der Waals surface area contributed by atoms with Gasteiger partial charge in [0.15, 0.2) is 5.78 Å². The molecule has 0 atom stereocenters. The lowest BCUT2D eigenvalue weighted by molar-refractivity contribution is 0.0949. The molecule has 0 aliphatic heterocycles. The minimum absolute atomic E-state index is 0.258. The van der Waals surface area contributed by atoms with Crippen molar-refractivity contribution in [2.75, 3.05) is 20.1 Å². The summed E-state index contributed by atoms with van der Waals surface area (Å²) >= 11 is 1.64. The second kappa shape index (κ2) is 7.62. The number of ketones is 1. The summed E-state index contributed by atoms with van der Waals surface area (Å²) in [6, 6.07) is 4.03. The largest absolute Gasteiger partial charge is 0.299 e. The number of hydrogen-bond donors (Lipinski definition) is 0. The normalized spacial score (nSPS) is 11.1. The van der Waals surface area contributed by atoms with Crippen LogP contribution in [-0.4, -0.2) is 30.8 Å². The molecule has 0 amide bonds. The summed E-state index contributed by atoms with van der Waals surface area (Å²) in [7, 11) is 2.03. The first-order valence-corrected chi connectivity index (χ1v) is 7.29. The van der Waals surface area contributed by atoms with Gasteiger partial charge in [-0.05, 0) is 38.6 Å². The van der Waals surface area contributed by atoms with Crippen LogP contribution in [-0.2, 0) is 6.42 Å². The predicted octanol–water partition coefficient (Wildman–Crippen LogP) is 3.62. The van der Waals surface area contributed by atoms with Crippen molar-refractivity contribution in [2.24, 2.45) is 0 Å². The Morgan fingerprint density at radius 3 is 2.65 bits per heavy atom. The van der Waals surface area contributed by atoms with E-state index in [2.05, 4.69) is 24.8 Å². The SMILES string of the molecule is CCCCCN(C)CC(=O)c1ccc(CC)s1. The second-order valence-electron chi connectivity index (χ2n) is 4.49. The van der Waals surface area contributed by atoms with Crippen LogP contribution in [0.25, 0.3) is 0 Å². The Morgan fingerprint density at radius 2 is 2.06 bits per heavy atom. The van der Waals surface area contributed by atoms with E-state index in [-0.39, 0.29) is 5.78 Å². The van der Waals surface area contributed by atoms with E-state index in [1.54, 1.807) is 11.3 Å². The zero-order chi connectivity index (χ0) is 12.7. The van der Waals surface area contributed by atoms with Gasteiger partial charge in [-0.2, -0.15) is 0 Å². The van der Waals surface area contributed by atoms with E-state index in [4.69, 9.17) is 0 Å². The van der Waals surface area contributed by atoms with Crippen LogP contribution in [0.4, 0.5) is 0 Å². The smallest absolute Gasteiger partial charge is 0.186 e. The fraction of sp³-hybridized carbons (Fsp3) is 0.643. The molecule has 1 rings (SSSR count). The number of likely N-dealkylation sites (N-methyl/N-ethyl adjacent to an activating group) is 1. The fourth-order valence-corrected chi connectivity index (χ4v) is 2.63. The number of Topliss-reactive ketones (excluding diaryl/α,β-unsaturated/α-hetero) is 1. The Labute approximate surface area is 109 Å². The van der Waals surface area contributed by atoms with Crippen LogP contribution in [0.2, 0.25) is 0 Å². The average Bonchev–Trinajstić information content (AvgIpc) is 2.78. The number of carbonyl (C=O) groups excluding carboxylic acids is 1. The first-order valence-electron chi connectivity index (χ1n) is 6.47. The monoisotopic (exact) mass is 253 g/mol. The molecule has 0 N–H and O–H groups in total. The van der Waals surface area contributed by atoms with E-state index in [0.717, 1.165) is 17.8 Å². The van der Waals surface area contributed by atoms with Gasteiger partial charge in [0, 0.05) is 4.88 Å². The molecular formula is C14H23NOS. The van der Waals surface area contributed by atoms with E-state index in [1.807, 2.05) is 13.1 Å². The Morgan fingerprint density at radius 1 is 1.29 bits per heavy atom. The maximum Gasteiger partial charge on any atom is 0.186 e. The van der Waals surface area contributed by atoms with Gasteiger partial charge in [0.25, 0.3) is 0 Å². The highest BCUT2D eigenvalue weighted by Crippen LogP contribution is 2.17. The van der Waals surface area contributed by atoms with Crippen molar-refractivity contribution in [2.45, 2.75) is 39.5 Å². The zero-order valence-corrected chi connectivity index (χ0v) is 12.0. The minimum atomic E-state index is 0.258. The molecule has 1 heterocycles. The number of carbonyl (C=O) groups is 1. The van der Waals surface area contributed by atoms with Crippen molar-refractivity contribution >= 4 is 17.1 Å². The summed E-state index contributed by atoms with van der Waals surface area (Å²) in [4.78, 5) is 16.3. The first kappa shape index (κ1) is 14.4. The van der Waals surface area contributed by atoms with Gasteiger partial charge in [-0.3, -0.25) is 9.69 Å². The van der Waals surface area contributed by atoms with Crippen molar-refractivity contribution in [3.63, 3.8) is 0 Å². The van der Waals surface area contributed by atoms with Crippen molar-refractivity contribution < 1.29 is 4.79 Å². The van der Waals surface area contributed by atoms with Crippen molar-refractivity contribution in [3.05, 3.63) is 21.9 Å². The molecule has 0 unspecified atom stereocenters. The predicted molar refractivity (Wildman–Crippen MR) is 75.0 cm³/mol. The molecule has 3 heteroatoms. The molecule has 0 fully saturated rings. The molecule has 0 saturated heterocycles. The van der Waals surface area contributed by atoms with Crippen LogP contribution in [0.15, 0.2) is 12.1 Å². The van der Waals surface area contributed by atoms with Gasteiger partial charge in [0.1, 0.15) is 0 Å². The lowest BCUT2D eigenvalue weighted by Crippen LogP contribution is -2.26. The van der Waals surface area contributed by atoms with Gasteiger partial charge in [-0.1, -0.05) is 26.7 Å². The summed E-state index contributed by atoms with van der Waals surface area (Å²) in [5.41, 5.74) is 0. The van der Waals surface area contributed by atoms with Gasteiger partial charge >= 0.3 is 0 Å². The van der Waals surface area contributed by atoms with Crippen LogP contribution in [0.3, 0.4) is 0 Å². The van der Waals surface area contributed by atoms with Gasteiger partial charge in [0.2, 0.25) is 0 Å². The molecule has 0 saturated carbocycles. The quantitative estimate of drug-likeness (QED) is 0.521. The lowest BCUT2D eigenvalue weighted by Gasteiger charge is -2.14. The van der Waals surface area contributed by atoms with Crippen LogP contribution in [0.1, 0.15) is 47.7 Å². The summed E-state index contributed by atoms with van der Waals surface area (Å²) in [6.45, 7) is 5.89. The number of thiophene rings is 1. The molecule has 0 radical (unpaired) electrons. The molecule has 0 aromatic carbocycles. The molecule has 0 bridgehead atoms. The van der Waals surface area contributed by atoms with Crippen LogP contribution >= 0.6 is 11.3 Å². The third-order valence-corrected chi connectivity index (χ3v) is 4.11. The molecular weight excluding hydrogens is 230 g/mol. The number of hydrogen-bond acceptors (Lipinski definition) is 3. The number of aryl methyl sites for hydroxylation is 1. The third kappa shape index (κ3) is 5.00. The minimum Gasteiger partial charge on any atom is -0.299 e. The van der Waals surface area contributed by atoms with Gasteiger partial charge < -0.3 is 0 Å². The van der Waals surface area contributed by atoms with Crippen LogP contribution in [0.5, 0.6) is 0 Å². The first-order chi connectivity index (χ1) is 8.17. The third-order valence-electron chi connectivity index (χ3n) is 2.84. The van der Waals surface area contributed by atoms with Crippen molar-refractivity contribution in [1.29, 1.82) is 0 Å². The average molecular weight is 253 g/mol. The lowest BCUT2D eigenvalue weighted by atomic mass is 10.2. The molecule has 0 aliphatic carbocycles. The topological polar surface area (TPSA) is 20.3 Å². The molecule has 0 aliphatic rings.